The number of oxime groups is 1. The molecule has 0 aliphatic heterocycles. The summed E-state index contributed by atoms with van der Waals surface area (Å²) in [6.45, 7) is 3.61. The second-order valence-electron chi connectivity index (χ2n) is 6.13. The van der Waals surface area contributed by atoms with E-state index in [0.717, 1.165) is 9.13 Å². The second-order valence-corrected chi connectivity index (χ2v) is 7.81. The number of anilines is 1. The van der Waals surface area contributed by atoms with E-state index in [1.807, 2.05) is 31.2 Å². The van der Waals surface area contributed by atoms with E-state index >= 15 is 0 Å². The first-order valence-electron chi connectivity index (χ1n) is 8.81. The van der Waals surface area contributed by atoms with Crippen LogP contribution in [0.1, 0.15) is 37.8 Å². The zero-order valence-electron chi connectivity index (χ0n) is 15.5. The predicted molar refractivity (Wildman–Crippen MR) is 116 cm³/mol. The lowest BCUT2D eigenvalue weighted by atomic mass is 10.0. The highest BCUT2D eigenvalue weighted by Crippen LogP contribution is 2.29. The summed E-state index contributed by atoms with van der Waals surface area (Å²) < 4.78 is 40.6. The van der Waals surface area contributed by atoms with Gasteiger partial charge in [0.2, 0.25) is 0 Å². The highest BCUT2D eigenvalue weighted by atomic mass is 127. The van der Waals surface area contributed by atoms with Crippen molar-refractivity contribution in [3.8, 4) is 0 Å². The van der Waals surface area contributed by atoms with E-state index in [4.69, 9.17) is 16.4 Å². The monoisotopic (exact) mass is 524 g/mol. The van der Waals surface area contributed by atoms with Gasteiger partial charge in [0, 0.05) is 19.8 Å². The molecule has 0 spiro atoms. The van der Waals surface area contributed by atoms with Gasteiger partial charge in [-0.25, -0.2) is 0 Å². The van der Waals surface area contributed by atoms with E-state index in [2.05, 4.69) is 33.1 Å². The van der Waals surface area contributed by atoms with Crippen LogP contribution in [0, 0.1) is 3.57 Å². The molecule has 1 atom stereocenters. The summed E-state index contributed by atoms with van der Waals surface area (Å²) in [4.78, 5) is 5.45. The SMILES string of the molecule is CC/C(=N\OCc1ccc(I)cc1)c1cc(Cl)ccc1NC(CC)C(F)(F)F. The molecule has 0 saturated carbocycles. The van der Waals surface area contributed by atoms with Gasteiger partial charge >= 0.3 is 6.18 Å². The molecule has 0 fully saturated rings. The third kappa shape index (κ3) is 6.55. The minimum Gasteiger partial charge on any atom is -0.391 e. The van der Waals surface area contributed by atoms with Gasteiger partial charge in [0.15, 0.2) is 0 Å². The van der Waals surface area contributed by atoms with E-state index in [9.17, 15) is 13.2 Å². The Morgan fingerprint density at radius 2 is 1.86 bits per heavy atom. The lowest BCUT2D eigenvalue weighted by Crippen LogP contribution is -2.36. The normalized spacial score (nSPS) is 13.3. The maximum absolute atomic E-state index is 13.2. The van der Waals surface area contributed by atoms with Gasteiger partial charge in [0.1, 0.15) is 12.6 Å². The molecule has 152 valence electrons. The molecule has 0 aliphatic carbocycles. The van der Waals surface area contributed by atoms with Crippen LogP contribution in [-0.2, 0) is 11.4 Å². The molecule has 0 bridgehead atoms. The summed E-state index contributed by atoms with van der Waals surface area (Å²) in [5.74, 6) is 0. The highest BCUT2D eigenvalue weighted by Gasteiger charge is 2.38. The first kappa shape index (κ1) is 22.8. The van der Waals surface area contributed by atoms with Gasteiger partial charge in [-0.1, -0.05) is 42.7 Å². The molecule has 0 radical (unpaired) electrons. The first-order chi connectivity index (χ1) is 13.2. The Balaban J connectivity index is 2.24. The molecule has 1 unspecified atom stereocenters. The molecule has 0 heterocycles. The van der Waals surface area contributed by atoms with Crippen molar-refractivity contribution in [2.75, 3.05) is 5.32 Å². The molecule has 0 amide bonds. The van der Waals surface area contributed by atoms with Gasteiger partial charge in [0.25, 0.3) is 0 Å². The maximum Gasteiger partial charge on any atom is 0.408 e. The number of hydrogen-bond acceptors (Lipinski definition) is 3. The third-order valence-electron chi connectivity index (χ3n) is 4.08. The number of halogens is 5. The highest BCUT2D eigenvalue weighted by molar-refractivity contribution is 14.1. The molecule has 2 aromatic rings. The summed E-state index contributed by atoms with van der Waals surface area (Å²) in [5.41, 5.74) is 2.30. The van der Waals surface area contributed by atoms with Gasteiger partial charge in [0.05, 0.1) is 5.71 Å². The number of rotatable bonds is 8. The lowest BCUT2D eigenvalue weighted by molar-refractivity contribution is -0.142. The standard InChI is InChI=1S/C20H21ClF3IN2O/c1-3-17(27-28-12-13-5-8-15(25)9-6-13)16-11-14(21)7-10-18(16)26-19(4-2)20(22,23)24/h5-11,19,26H,3-4,12H2,1-2H3/b27-17+. The third-order valence-corrected chi connectivity index (χ3v) is 5.03. The van der Waals surface area contributed by atoms with Crippen molar-refractivity contribution < 1.29 is 18.0 Å². The largest absolute Gasteiger partial charge is 0.408 e. The number of nitrogens with zero attached hydrogens (tertiary/aromatic N) is 1. The predicted octanol–water partition coefficient (Wildman–Crippen LogP) is 7.03. The van der Waals surface area contributed by atoms with Crippen LogP contribution in [0.4, 0.5) is 18.9 Å². The van der Waals surface area contributed by atoms with E-state index in [1.54, 1.807) is 12.1 Å². The smallest absolute Gasteiger partial charge is 0.391 e. The lowest BCUT2D eigenvalue weighted by Gasteiger charge is -2.23. The number of hydrogen-bond donors (Lipinski definition) is 1. The van der Waals surface area contributed by atoms with Crippen LogP contribution in [-0.4, -0.2) is 17.9 Å². The fraction of sp³-hybridized carbons (Fsp3) is 0.350. The van der Waals surface area contributed by atoms with Crippen LogP contribution in [0.3, 0.4) is 0 Å². The molecule has 28 heavy (non-hydrogen) atoms. The van der Waals surface area contributed by atoms with Crippen LogP contribution in [0.5, 0.6) is 0 Å². The Hall–Kier alpha value is -1.48. The van der Waals surface area contributed by atoms with Crippen molar-refractivity contribution in [3.63, 3.8) is 0 Å². The zero-order chi connectivity index (χ0) is 20.7. The summed E-state index contributed by atoms with van der Waals surface area (Å²) in [5, 5.41) is 7.15. The van der Waals surface area contributed by atoms with Gasteiger partial charge in [-0.05, 0) is 71.3 Å². The molecular formula is C20H21ClF3IN2O. The summed E-state index contributed by atoms with van der Waals surface area (Å²) in [7, 11) is 0. The molecule has 3 nitrogen and oxygen atoms in total. The van der Waals surface area contributed by atoms with Crippen LogP contribution in [0.2, 0.25) is 5.02 Å². The summed E-state index contributed by atoms with van der Waals surface area (Å²) >= 11 is 8.29. The number of nitrogens with one attached hydrogen (secondary N) is 1. The molecule has 0 saturated heterocycles. The molecular weight excluding hydrogens is 504 g/mol. The number of alkyl halides is 3. The summed E-state index contributed by atoms with van der Waals surface area (Å²) in [6.07, 6.45) is -3.96. The fourth-order valence-electron chi connectivity index (χ4n) is 2.55. The molecule has 8 heteroatoms. The molecule has 0 aromatic heterocycles. The van der Waals surface area contributed by atoms with Crippen LogP contribution in [0.15, 0.2) is 47.6 Å². The van der Waals surface area contributed by atoms with Crippen molar-refractivity contribution in [1.82, 2.24) is 0 Å². The quantitative estimate of drug-likeness (QED) is 0.229. The van der Waals surface area contributed by atoms with Crippen molar-refractivity contribution in [2.45, 2.75) is 45.5 Å². The molecule has 2 rings (SSSR count). The van der Waals surface area contributed by atoms with Crippen LogP contribution >= 0.6 is 34.2 Å². The zero-order valence-corrected chi connectivity index (χ0v) is 18.4. The fourth-order valence-corrected chi connectivity index (χ4v) is 3.09. The second kappa shape index (κ2) is 10.3. The van der Waals surface area contributed by atoms with E-state index in [1.165, 1.54) is 13.0 Å². The van der Waals surface area contributed by atoms with E-state index in [-0.39, 0.29) is 13.0 Å². The Bertz CT molecular complexity index is 810. The minimum atomic E-state index is -4.35. The van der Waals surface area contributed by atoms with Crippen molar-refractivity contribution in [3.05, 3.63) is 62.2 Å². The Morgan fingerprint density at radius 3 is 2.43 bits per heavy atom. The molecule has 2 aromatic carbocycles. The average molecular weight is 525 g/mol. The van der Waals surface area contributed by atoms with Crippen molar-refractivity contribution in [1.29, 1.82) is 0 Å². The van der Waals surface area contributed by atoms with Gasteiger partial charge in [-0.15, -0.1) is 0 Å². The summed E-state index contributed by atoms with van der Waals surface area (Å²) in [6, 6.07) is 10.8. The van der Waals surface area contributed by atoms with Crippen molar-refractivity contribution >= 4 is 45.6 Å². The van der Waals surface area contributed by atoms with Gasteiger partial charge < -0.3 is 10.2 Å². The minimum absolute atomic E-state index is 0.0898. The molecule has 0 aliphatic rings. The Morgan fingerprint density at radius 1 is 1.18 bits per heavy atom. The number of benzene rings is 2. The van der Waals surface area contributed by atoms with E-state index < -0.39 is 12.2 Å². The van der Waals surface area contributed by atoms with Gasteiger partial charge in [-0.3, -0.25) is 0 Å². The van der Waals surface area contributed by atoms with E-state index in [0.29, 0.717) is 28.4 Å². The topological polar surface area (TPSA) is 33.6 Å². The van der Waals surface area contributed by atoms with Crippen molar-refractivity contribution in [2.24, 2.45) is 5.16 Å². The van der Waals surface area contributed by atoms with Gasteiger partial charge in [-0.2, -0.15) is 13.2 Å². The maximum atomic E-state index is 13.2. The first-order valence-corrected chi connectivity index (χ1v) is 10.3. The molecule has 1 N–H and O–H groups in total. The Labute approximate surface area is 181 Å². The van der Waals surface area contributed by atoms with Crippen LogP contribution in [0.25, 0.3) is 0 Å². The van der Waals surface area contributed by atoms with Crippen LogP contribution < -0.4 is 5.32 Å². The average Bonchev–Trinajstić information content (AvgIpc) is 2.65. The Kier molecular flexibility index (Phi) is 8.42.